The van der Waals surface area contributed by atoms with Crippen molar-refractivity contribution >= 4 is 6.09 Å². The van der Waals surface area contributed by atoms with Crippen molar-refractivity contribution in [3.8, 4) is 5.75 Å². The van der Waals surface area contributed by atoms with Crippen LogP contribution >= 0.6 is 0 Å². The number of piperidine rings is 1. The molecule has 0 radical (unpaired) electrons. The van der Waals surface area contributed by atoms with Gasteiger partial charge in [-0.2, -0.15) is 0 Å². The van der Waals surface area contributed by atoms with E-state index in [1.165, 1.54) is 5.56 Å². The number of hydrogen-bond donors (Lipinski definition) is 1. The Morgan fingerprint density at radius 2 is 2.13 bits per heavy atom. The molecule has 1 saturated heterocycles. The van der Waals surface area contributed by atoms with Gasteiger partial charge in [0.2, 0.25) is 0 Å². The molecule has 1 aliphatic rings. The number of ether oxygens (including phenoxy) is 2. The third kappa shape index (κ3) is 5.13. The summed E-state index contributed by atoms with van der Waals surface area (Å²) in [4.78, 5) is 14.0. The van der Waals surface area contributed by atoms with E-state index >= 15 is 0 Å². The maximum absolute atomic E-state index is 12.3. The highest BCUT2D eigenvalue weighted by molar-refractivity contribution is 5.68. The summed E-state index contributed by atoms with van der Waals surface area (Å²) in [6, 6.07) is 8.10. The molecular formula is C18H28N2O3. The fourth-order valence-electron chi connectivity index (χ4n) is 2.86. The van der Waals surface area contributed by atoms with Crippen molar-refractivity contribution < 1.29 is 14.3 Å². The molecule has 0 bridgehead atoms. The Kier molecular flexibility index (Phi) is 5.52. The summed E-state index contributed by atoms with van der Waals surface area (Å²) in [7, 11) is 1.66. The largest absolute Gasteiger partial charge is 0.497 e. The van der Waals surface area contributed by atoms with Gasteiger partial charge in [-0.3, -0.25) is 0 Å². The van der Waals surface area contributed by atoms with E-state index in [2.05, 4.69) is 6.07 Å². The number of likely N-dealkylation sites (tertiary alicyclic amines) is 1. The molecule has 128 valence electrons. The molecule has 2 atom stereocenters. The smallest absolute Gasteiger partial charge is 0.410 e. The molecule has 2 N–H and O–H groups in total. The fourth-order valence-corrected chi connectivity index (χ4v) is 2.86. The van der Waals surface area contributed by atoms with Crippen LogP contribution in [0.5, 0.6) is 5.75 Å². The monoisotopic (exact) mass is 320 g/mol. The molecule has 1 fully saturated rings. The Morgan fingerprint density at radius 3 is 2.78 bits per heavy atom. The average Bonchev–Trinajstić information content (AvgIpc) is 2.48. The summed E-state index contributed by atoms with van der Waals surface area (Å²) in [5.74, 6) is 1.07. The van der Waals surface area contributed by atoms with Crippen LogP contribution in [0.1, 0.15) is 32.8 Å². The molecule has 1 aliphatic heterocycles. The summed E-state index contributed by atoms with van der Waals surface area (Å²) >= 11 is 0. The van der Waals surface area contributed by atoms with Gasteiger partial charge < -0.3 is 20.1 Å². The first-order chi connectivity index (χ1) is 10.8. The van der Waals surface area contributed by atoms with Gasteiger partial charge in [-0.05, 0) is 57.2 Å². The number of hydrogen-bond acceptors (Lipinski definition) is 4. The topological polar surface area (TPSA) is 64.8 Å². The minimum atomic E-state index is -0.473. The van der Waals surface area contributed by atoms with E-state index in [-0.39, 0.29) is 18.1 Å². The Labute approximate surface area is 138 Å². The first-order valence-electron chi connectivity index (χ1n) is 8.15. The van der Waals surface area contributed by atoms with Crippen molar-refractivity contribution in [1.82, 2.24) is 4.90 Å². The van der Waals surface area contributed by atoms with Gasteiger partial charge in [0.25, 0.3) is 0 Å². The predicted molar refractivity (Wildman–Crippen MR) is 90.6 cm³/mol. The molecule has 0 aromatic heterocycles. The number of amides is 1. The van der Waals surface area contributed by atoms with Gasteiger partial charge >= 0.3 is 6.09 Å². The van der Waals surface area contributed by atoms with Crippen LogP contribution in [0, 0.1) is 5.92 Å². The Hall–Kier alpha value is -1.75. The number of nitrogens with zero attached hydrogens (tertiary/aromatic N) is 1. The molecule has 1 aromatic carbocycles. The number of benzene rings is 1. The summed E-state index contributed by atoms with van der Waals surface area (Å²) in [6.07, 6.45) is 1.38. The molecule has 23 heavy (non-hydrogen) atoms. The van der Waals surface area contributed by atoms with Gasteiger partial charge in [0, 0.05) is 19.1 Å². The van der Waals surface area contributed by atoms with Gasteiger partial charge in [-0.15, -0.1) is 0 Å². The molecule has 2 rings (SSSR count). The highest BCUT2D eigenvalue weighted by atomic mass is 16.6. The van der Waals surface area contributed by atoms with Crippen LogP contribution in [0.4, 0.5) is 4.79 Å². The quantitative estimate of drug-likeness (QED) is 0.930. The van der Waals surface area contributed by atoms with Crippen molar-refractivity contribution in [2.24, 2.45) is 11.7 Å². The fraction of sp³-hybridized carbons (Fsp3) is 0.611. The van der Waals surface area contributed by atoms with Gasteiger partial charge in [0.05, 0.1) is 7.11 Å². The zero-order valence-corrected chi connectivity index (χ0v) is 14.5. The molecule has 1 amide bonds. The summed E-state index contributed by atoms with van der Waals surface area (Å²) in [5.41, 5.74) is 6.98. The lowest BCUT2D eigenvalue weighted by Gasteiger charge is -2.37. The zero-order valence-electron chi connectivity index (χ0n) is 14.5. The molecular weight excluding hydrogens is 292 g/mol. The SMILES string of the molecule is COc1cccc(C[C@H]2CN(C(=O)OC(C)(C)C)CC[C@H]2N)c1. The van der Waals surface area contributed by atoms with E-state index in [4.69, 9.17) is 15.2 Å². The van der Waals surface area contributed by atoms with Crippen molar-refractivity contribution in [1.29, 1.82) is 0 Å². The first kappa shape index (κ1) is 17.6. The molecule has 1 aromatic rings. The maximum Gasteiger partial charge on any atom is 0.410 e. The van der Waals surface area contributed by atoms with E-state index in [0.717, 1.165) is 18.6 Å². The maximum atomic E-state index is 12.3. The van der Waals surface area contributed by atoms with Crippen LogP contribution in [-0.4, -0.2) is 42.8 Å². The van der Waals surface area contributed by atoms with Crippen LogP contribution in [0.2, 0.25) is 0 Å². The predicted octanol–water partition coefficient (Wildman–Crippen LogP) is 2.82. The zero-order chi connectivity index (χ0) is 17.0. The van der Waals surface area contributed by atoms with Crippen LogP contribution in [0.3, 0.4) is 0 Å². The van der Waals surface area contributed by atoms with E-state index in [1.807, 2.05) is 39.0 Å². The second kappa shape index (κ2) is 7.21. The summed E-state index contributed by atoms with van der Waals surface area (Å²) < 4.78 is 10.7. The van der Waals surface area contributed by atoms with E-state index < -0.39 is 5.60 Å². The van der Waals surface area contributed by atoms with Gasteiger partial charge in [0.1, 0.15) is 11.4 Å². The van der Waals surface area contributed by atoms with Crippen molar-refractivity contribution in [2.45, 2.75) is 45.3 Å². The Morgan fingerprint density at radius 1 is 1.39 bits per heavy atom. The number of methoxy groups -OCH3 is 1. The van der Waals surface area contributed by atoms with Crippen LogP contribution in [0.25, 0.3) is 0 Å². The Bertz CT molecular complexity index is 539. The minimum absolute atomic E-state index is 0.0971. The summed E-state index contributed by atoms with van der Waals surface area (Å²) in [6.45, 7) is 6.94. The molecule has 5 nitrogen and oxygen atoms in total. The Balaban J connectivity index is 2.01. The van der Waals surface area contributed by atoms with Crippen LogP contribution in [0.15, 0.2) is 24.3 Å². The lowest BCUT2D eigenvalue weighted by molar-refractivity contribution is 0.0148. The van der Waals surface area contributed by atoms with E-state index in [1.54, 1.807) is 12.0 Å². The molecule has 5 heteroatoms. The third-order valence-electron chi connectivity index (χ3n) is 4.08. The van der Waals surface area contributed by atoms with Crippen LogP contribution < -0.4 is 10.5 Å². The summed E-state index contributed by atoms with van der Waals surface area (Å²) in [5, 5.41) is 0. The lowest BCUT2D eigenvalue weighted by atomic mass is 9.87. The highest BCUT2D eigenvalue weighted by Gasteiger charge is 2.31. The number of carbonyl (C=O) groups excluding carboxylic acids is 1. The minimum Gasteiger partial charge on any atom is -0.497 e. The van der Waals surface area contributed by atoms with Crippen molar-refractivity contribution in [3.63, 3.8) is 0 Å². The lowest BCUT2D eigenvalue weighted by Crippen LogP contribution is -2.51. The van der Waals surface area contributed by atoms with E-state index in [9.17, 15) is 4.79 Å². The normalized spacial score (nSPS) is 21.9. The number of nitrogens with two attached hydrogens (primary N) is 1. The second-order valence-corrected chi connectivity index (χ2v) is 7.19. The van der Waals surface area contributed by atoms with Gasteiger partial charge in [0.15, 0.2) is 0 Å². The molecule has 1 heterocycles. The van der Waals surface area contributed by atoms with Crippen LogP contribution in [-0.2, 0) is 11.2 Å². The molecule has 0 unspecified atom stereocenters. The molecule has 0 aliphatic carbocycles. The van der Waals surface area contributed by atoms with E-state index in [0.29, 0.717) is 13.1 Å². The number of carbonyl (C=O) groups is 1. The molecule has 0 spiro atoms. The highest BCUT2D eigenvalue weighted by Crippen LogP contribution is 2.23. The standard InChI is InChI=1S/C18H28N2O3/c1-18(2,3)23-17(21)20-9-8-16(19)14(12-20)10-13-6-5-7-15(11-13)22-4/h5-7,11,14,16H,8-10,12,19H2,1-4H3/t14-,16+/m0/s1. The number of rotatable bonds is 3. The van der Waals surface area contributed by atoms with Gasteiger partial charge in [-0.25, -0.2) is 4.79 Å². The molecule has 0 saturated carbocycles. The third-order valence-corrected chi connectivity index (χ3v) is 4.08. The van der Waals surface area contributed by atoms with Crippen molar-refractivity contribution in [2.75, 3.05) is 20.2 Å². The van der Waals surface area contributed by atoms with Crippen molar-refractivity contribution in [3.05, 3.63) is 29.8 Å². The average molecular weight is 320 g/mol. The first-order valence-corrected chi connectivity index (χ1v) is 8.15. The second-order valence-electron chi connectivity index (χ2n) is 7.19. The van der Waals surface area contributed by atoms with Gasteiger partial charge in [-0.1, -0.05) is 12.1 Å².